The highest BCUT2D eigenvalue weighted by atomic mass is 32.1. The molecule has 1 N–H and O–H groups in total. The van der Waals surface area contributed by atoms with Gasteiger partial charge in [-0.1, -0.05) is 12.2 Å². The van der Waals surface area contributed by atoms with Gasteiger partial charge in [-0.05, 0) is 12.1 Å². The van der Waals surface area contributed by atoms with Crippen LogP contribution in [-0.4, -0.2) is 18.2 Å². The Labute approximate surface area is 102 Å². The third-order valence-electron chi connectivity index (χ3n) is 2.63. The Morgan fingerprint density at radius 1 is 1.18 bits per heavy atom. The summed E-state index contributed by atoms with van der Waals surface area (Å²) in [6, 6.07) is 7.52. The molecular weight excluding hydrogens is 236 g/mol. The number of aromatic nitrogens is 1. The zero-order chi connectivity index (χ0) is 11.8. The minimum atomic E-state index is 0.441. The van der Waals surface area contributed by atoms with E-state index in [0.717, 1.165) is 10.9 Å². The molecule has 0 saturated carbocycles. The second kappa shape index (κ2) is 3.75. The fourth-order valence-corrected chi connectivity index (χ4v) is 2.04. The number of pyridine rings is 1. The van der Waals surface area contributed by atoms with Crippen LogP contribution in [0.2, 0.25) is 0 Å². The second-order valence-corrected chi connectivity index (χ2v) is 4.12. The van der Waals surface area contributed by atoms with Crippen molar-refractivity contribution >= 4 is 23.1 Å². The molecule has 0 atom stereocenters. The van der Waals surface area contributed by atoms with Gasteiger partial charge in [-0.3, -0.25) is 0 Å². The smallest absolute Gasteiger partial charge is 0.163 e. The maximum Gasteiger partial charge on any atom is 0.163 e. The predicted octanol–water partition coefficient (Wildman–Crippen LogP) is 2.54. The first-order valence-corrected chi connectivity index (χ1v) is 5.55. The molecule has 2 heterocycles. The highest BCUT2D eigenvalue weighted by Gasteiger charge is 2.13. The SMILES string of the molecule is N#Cc1cc2cc3c(cc2[nH]c1=S)OCCO3. The van der Waals surface area contributed by atoms with E-state index < -0.39 is 0 Å². The molecule has 4 nitrogen and oxygen atoms in total. The number of benzene rings is 1. The summed E-state index contributed by atoms with van der Waals surface area (Å²) >= 11 is 5.08. The quantitative estimate of drug-likeness (QED) is 0.723. The van der Waals surface area contributed by atoms with Crippen molar-refractivity contribution in [2.75, 3.05) is 13.2 Å². The Morgan fingerprint density at radius 3 is 2.59 bits per heavy atom. The summed E-state index contributed by atoms with van der Waals surface area (Å²) in [6.45, 7) is 1.10. The van der Waals surface area contributed by atoms with Crippen LogP contribution >= 0.6 is 12.2 Å². The zero-order valence-corrected chi connectivity index (χ0v) is 9.63. The first-order valence-electron chi connectivity index (χ1n) is 5.15. The lowest BCUT2D eigenvalue weighted by Crippen LogP contribution is -2.15. The van der Waals surface area contributed by atoms with Crippen LogP contribution in [0.3, 0.4) is 0 Å². The molecule has 84 valence electrons. The lowest BCUT2D eigenvalue weighted by atomic mass is 10.1. The molecule has 0 radical (unpaired) electrons. The molecule has 0 spiro atoms. The van der Waals surface area contributed by atoms with Crippen LogP contribution in [0.4, 0.5) is 0 Å². The molecule has 0 fully saturated rings. The number of aromatic amines is 1. The molecular formula is C12H8N2O2S. The van der Waals surface area contributed by atoms with Gasteiger partial charge < -0.3 is 14.5 Å². The van der Waals surface area contributed by atoms with Crippen molar-refractivity contribution in [1.82, 2.24) is 4.98 Å². The Balaban J connectivity index is 2.31. The molecule has 0 amide bonds. The van der Waals surface area contributed by atoms with Gasteiger partial charge in [0.05, 0.1) is 11.1 Å². The third kappa shape index (κ3) is 1.63. The zero-order valence-electron chi connectivity index (χ0n) is 8.82. The summed E-state index contributed by atoms with van der Waals surface area (Å²) in [4.78, 5) is 3.02. The van der Waals surface area contributed by atoms with Crippen LogP contribution in [0.1, 0.15) is 5.56 Å². The van der Waals surface area contributed by atoms with Crippen molar-refractivity contribution in [1.29, 1.82) is 5.26 Å². The number of ether oxygens (including phenoxy) is 2. The normalized spacial score (nSPS) is 13.4. The van der Waals surface area contributed by atoms with Crippen molar-refractivity contribution in [3.05, 3.63) is 28.4 Å². The topological polar surface area (TPSA) is 58.0 Å². The van der Waals surface area contributed by atoms with E-state index in [1.807, 2.05) is 12.1 Å². The summed E-state index contributed by atoms with van der Waals surface area (Å²) in [6.07, 6.45) is 0. The highest BCUT2D eigenvalue weighted by molar-refractivity contribution is 7.71. The Bertz CT molecular complexity index is 700. The first kappa shape index (κ1) is 10.1. The number of nitrogens with zero attached hydrogens (tertiary/aromatic N) is 1. The molecule has 1 aliphatic rings. The molecule has 0 saturated heterocycles. The summed E-state index contributed by atoms with van der Waals surface area (Å²) in [7, 11) is 0. The molecule has 17 heavy (non-hydrogen) atoms. The largest absolute Gasteiger partial charge is 0.486 e. The summed E-state index contributed by atoms with van der Waals surface area (Å²) in [5, 5.41) is 9.81. The third-order valence-corrected chi connectivity index (χ3v) is 2.95. The van der Waals surface area contributed by atoms with Crippen molar-refractivity contribution in [3.63, 3.8) is 0 Å². The number of nitrogens with one attached hydrogen (secondary N) is 1. The molecule has 1 aliphatic heterocycles. The molecule has 0 bridgehead atoms. The van der Waals surface area contributed by atoms with Gasteiger partial charge in [0.25, 0.3) is 0 Å². The van der Waals surface area contributed by atoms with Crippen LogP contribution in [0.25, 0.3) is 10.9 Å². The van der Waals surface area contributed by atoms with E-state index >= 15 is 0 Å². The van der Waals surface area contributed by atoms with Crippen LogP contribution in [0.15, 0.2) is 18.2 Å². The summed E-state index contributed by atoms with van der Waals surface area (Å²) in [5.41, 5.74) is 1.31. The van der Waals surface area contributed by atoms with E-state index in [1.165, 1.54) is 0 Å². The van der Waals surface area contributed by atoms with Crippen molar-refractivity contribution in [2.24, 2.45) is 0 Å². The molecule has 1 aromatic carbocycles. The van der Waals surface area contributed by atoms with E-state index in [-0.39, 0.29) is 0 Å². The van der Waals surface area contributed by atoms with Gasteiger partial charge in [0.1, 0.15) is 23.9 Å². The Kier molecular flexibility index (Phi) is 2.23. The van der Waals surface area contributed by atoms with Crippen molar-refractivity contribution in [2.45, 2.75) is 0 Å². The van der Waals surface area contributed by atoms with E-state index in [9.17, 15) is 0 Å². The van der Waals surface area contributed by atoms with Gasteiger partial charge in [0.2, 0.25) is 0 Å². The number of hydrogen-bond donors (Lipinski definition) is 1. The highest BCUT2D eigenvalue weighted by Crippen LogP contribution is 2.34. The minimum Gasteiger partial charge on any atom is -0.486 e. The molecule has 5 heteroatoms. The van der Waals surface area contributed by atoms with Crippen molar-refractivity contribution < 1.29 is 9.47 Å². The lowest BCUT2D eigenvalue weighted by molar-refractivity contribution is 0.172. The van der Waals surface area contributed by atoms with Gasteiger partial charge in [-0.25, -0.2) is 0 Å². The predicted molar refractivity (Wildman–Crippen MR) is 64.8 cm³/mol. The standard InChI is InChI=1S/C12H8N2O2S/c13-6-8-3-7-4-10-11(16-2-1-15-10)5-9(7)14-12(8)17/h3-5H,1-2H2,(H,14,17). The average Bonchev–Trinajstić information content (AvgIpc) is 2.35. The molecule has 0 unspecified atom stereocenters. The fourth-order valence-electron chi connectivity index (χ4n) is 1.83. The van der Waals surface area contributed by atoms with E-state index in [2.05, 4.69) is 11.1 Å². The van der Waals surface area contributed by atoms with Crippen LogP contribution in [0, 0.1) is 16.0 Å². The second-order valence-electron chi connectivity index (χ2n) is 3.71. The summed E-state index contributed by atoms with van der Waals surface area (Å²) < 4.78 is 11.4. The molecule has 3 rings (SSSR count). The number of hydrogen-bond acceptors (Lipinski definition) is 4. The minimum absolute atomic E-state index is 0.441. The average molecular weight is 244 g/mol. The lowest BCUT2D eigenvalue weighted by Gasteiger charge is -2.18. The van der Waals surface area contributed by atoms with Crippen LogP contribution < -0.4 is 9.47 Å². The van der Waals surface area contributed by atoms with Gasteiger partial charge in [0, 0.05) is 11.5 Å². The van der Waals surface area contributed by atoms with Crippen LogP contribution in [-0.2, 0) is 0 Å². The van der Waals surface area contributed by atoms with E-state index in [4.69, 9.17) is 27.0 Å². The number of nitriles is 1. The van der Waals surface area contributed by atoms with Crippen LogP contribution in [0.5, 0.6) is 11.5 Å². The molecule has 0 aliphatic carbocycles. The first-order chi connectivity index (χ1) is 8.28. The summed E-state index contributed by atoms with van der Waals surface area (Å²) in [5.74, 6) is 1.41. The number of H-pyrrole nitrogens is 1. The molecule has 2 aromatic rings. The number of fused-ring (bicyclic) bond motifs is 2. The van der Waals surface area contributed by atoms with E-state index in [1.54, 1.807) is 6.07 Å². The monoisotopic (exact) mass is 244 g/mol. The maximum atomic E-state index is 8.92. The fraction of sp³-hybridized carbons (Fsp3) is 0.167. The Morgan fingerprint density at radius 2 is 1.88 bits per heavy atom. The number of rotatable bonds is 0. The van der Waals surface area contributed by atoms with Gasteiger partial charge in [-0.2, -0.15) is 5.26 Å². The maximum absolute atomic E-state index is 8.92. The van der Waals surface area contributed by atoms with E-state index in [0.29, 0.717) is 34.9 Å². The van der Waals surface area contributed by atoms with Gasteiger partial charge in [0.15, 0.2) is 11.5 Å². The molecule has 1 aromatic heterocycles. The Hall–Kier alpha value is -2.06. The van der Waals surface area contributed by atoms with Gasteiger partial charge in [-0.15, -0.1) is 0 Å². The van der Waals surface area contributed by atoms with Gasteiger partial charge >= 0.3 is 0 Å². The van der Waals surface area contributed by atoms with Crippen molar-refractivity contribution in [3.8, 4) is 17.6 Å².